The third-order valence-corrected chi connectivity index (χ3v) is 2.56. The van der Waals surface area contributed by atoms with Crippen molar-refractivity contribution >= 4 is 11.4 Å². The minimum atomic E-state index is -0.440. The zero-order valence-electron chi connectivity index (χ0n) is 10.8. The number of nitro benzene ring substituents is 1. The van der Waals surface area contributed by atoms with E-state index < -0.39 is 4.92 Å². The van der Waals surface area contributed by atoms with Crippen molar-refractivity contribution in [2.45, 2.75) is 19.4 Å². The van der Waals surface area contributed by atoms with Crippen LogP contribution in [0.4, 0.5) is 11.4 Å². The Morgan fingerprint density at radius 2 is 2.17 bits per heavy atom. The predicted molar refractivity (Wildman–Crippen MR) is 69.2 cm³/mol. The van der Waals surface area contributed by atoms with Crippen LogP contribution in [0.25, 0.3) is 0 Å². The van der Waals surface area contributed by atoms with E-state index in [0.717, 1.165) is 6.42 Å². The molecule has 1 aromatic rings. The molecule has 1 atom stereocenters. The van der Waals surface area contributed by atoms with E-state index in [9.17, 15) is 10.1 Å². The molecule has 1 N–H and O–H groups in total. The Kier molecular flexibility index (Phi) is 5.38. The molecule has 0 aliphatic carbocycles. The maximum atomic E-state index is 11.1. The summed E-state index contributed by atoms with van der Waals surface area (Å²) in [7, 11) is 3.04. The molecule has 0 saturated carbocycles. The van der Waals surface area contributed by atoms with Crippen molar-refractivity contribution in [1.29, 1.82) is 0 Å². The van der Waals surface area contributed by atoms with Crippen LogP contribution in [0.15, 0.2) is 18.2 Å². The number of hydrogen-bond donors (Lipinski definition) is 1. The largest absolute Gasteiger partial charge is 0.490 e. The standard InChI is InChI=1S/C12H18N2O4/c1-9(7-8-17-2)13-10-5-4-6-11(18-3)12(10)14(15)16/h4-6,9,13H,7-8H2,1-3H3. The quantitative estimate of drug-likeness (QED) is 0.597. The van der Waals surface area contributed by atoms with E-state index in [-0.39, 0.29) is 17.5 Å². The van der Waals surface area contributed by atoms with Gasteiger partial charge in [-0.05, 0) is 25.5 Å². The van der Waals surface area contributed by atoms with Crippen LogP contribution in [0.2, 0.25) is 0 Å². The molecule has 0 bridgehead atoms. The molecule has 1 rings (SSSR count). The van der Waals surface area contributed by atoms with Gasteiger partial charge in [-0.3, -0.25) is 10.1 Å². The minimum Gasteiger partial charge on any atom is -0.490 e. The van der Waals surface area contributed by atoms with E-state index in [2.05, 4.69) is 5.32 Å². The SMILES string of the molecule is COCCC(C)Nc1cccc(OC)c1[N+](=O)[O-]. The molecule has 6 nitrogen and oxygen atoms in total. The lowest BCUT2D eigenvalue weighted by Gasteiger charge is -2.15. The number of nitro groups is 1. The average Bonchev–Trinajstić information content (AvgIpc) is 2.35. The maximum Gasteiger partial charge on any atom is 0.333 e. The van der Waals surface area contributed by atoms with Crippen molar-refractivity contribution in [2.75, 3.05) is 26.1 Å². The van der Waals surface area contributed by atoms with Crippen LogP contribution in [0.1, 0.15) is 13.3 Å². The molecule has 1 aromatic carbocycles. The van der Waals surface area contributed by atoms with Crippen molar-refractivity contribution in [3.05, 3.63) is 28.3 Å². The highest BCUT2D eigenvalue weighted by molar-refractivity contribution is 5.68. The third kappa shape index (κ3) is 3.59. The van der Waals surface area contributed by atoms with Crippen LogP contribution in [0, 0.1) is 10.1 Å². The summed E-state index contributed by atoms with van der Waals surface area (Å²) < 4.78 is 9.98. The highest BCUT2D eigenvalue weighted by atomic mass is 16.6. The van der Waals surface area contributed by atoms with Gasteiger partial charge in [0.25, 0.3) is 0 Å². The summed E-state index contributed by atoms with van der Waals surface area (Å²) in [6.45, 7) is 2.55. The molecular formula is C12H18N2O4. The van der Waals surface area contributed by atoms with Gasteiger partial charge in [0, 0.05) is 19.8 Å². The summed E-state index contributed by atoms with van der Waals surface area (Å²) >= 11 is 0. The monoisotopic (exact) mass is 254 g/mol. The molecule has 0 aliphatic heterocycles. The van der Waals surface area contributed by atoms with Crippen molar-refractivity contribution < 1.29 is 14.4 Å². The second-order valence-electron chi connectivity index (χ2n) is 3.94. The second kappa shape index (κ2) is 6.80. The van der Waals surface area contributed by atoms with Gasteiger partial charge in [0.05, 0.1) is 12.0 Å². The van der Waals surface area contributed by atoms with Crippen LogP contribution in [0.5, 0.6) is 5.75 Å². The lowest BCUT2D eigenvalue weighted by molar-refractivity contribution is -0.384. The number of nitrogens with zero attached hydrogens (tertiary/aromatic N) is 1. The minimum absolute atomic E-state index is 0.0377. The summed E-state index contributed by atoms with van der Waals surface area (Å²) in [5.41, 5.74) is 0.423. The van der Waals surface area contributed by atoms with Crippen LogP contribution in [0.3, 0.4) is 0 Å². The molecule has 0 amide bonds. The lowest BCUT2D eigenvalue weighted by atomic mass is 10.2. The molecule has 0 heterocycles. The molecule has 0 aliphatic rings. The Bertz CT molecular complexity index is 409. The van der Waals surface area contributed by atoms with Crippen LogP contribution >= 0.6 is 0 Å². The molecule has 0 spiro atoms. The van der Waals surface area contributed by atoms with Gasteiger partial charge in [-0.2, -0.15) is 0 Å². The van der Waals surface area contributed by atoms with E-state index in [4.69, 9.17) is 9.47 Å². The second-order valence-corrected chi connectivity index (χ2v) is 3.94. The fourth-order valence-electron chi connectivity index (χ4n) is 1.62. The first kappa shape index (κ1) is 14.2. The first-order chi connectivity index (χ1) is 8.60. The number of rotatable bonds is 7. The van der Waals surface area contributed by atoms with Gasteiger partial charge in [-0.15, -0.1) is 0 Å². The van der Waals surface area contributed by atoms with Crippen molar-refractivity contribution in [1.82, 2.24) is 0 Å². The summed E-state index contributed by atoms with van der Waals surface area (Å²) in [5.74, 6) is 0.254. The Hall–Kier alpha value is -1.82. The van der Waals surface area contributed by atoms with Gasteiger partial charge < -0.3 is 14.8 Å². The van der Waals surface area contributed by atoms with Crippen molar-refractivity contribution in [3.8, 4) is 5.75 Å². The lowest BCUT2D eigenvalue weighted by Crippen LogP contribution is -2.18. The molecule has 0 radical (unpaired) electrons. The topological polar surface area (TPSA) is 73.6 Å². The highest BCUT2D eigenvalue weighted by Gasteiger charge is 2.21. The average molecular weight is 254 g/mol. The van der Waals surface area contributed by atoms with E-state index >= 15 is 0 Å². The molecule has 0 saturated heterocycles. The summed E-state index contributed by atoms with van der Waals surface area (Å²) in [4.78, 5) is 10.6. The smallest absolute Gasteiger partial charge is 0.333 e. The van der Waals surface area contributed by atoms with E-state index in [1.807, 2.05) is 6.92 Å². The number of benzene rings is 1. The first-order valence-electron chi connectivity index (χ1n) is 5.67. The van der Waals surface area contributed by atoms with Crippen LogP contribution < -0.4 is 10.1 Å². The highest BCUT2D eigenvalue weighted by Crippen LogP contribution is 2.34. The van der Waals surface area contributed by atoms with Gasteiger partial charge in [0.15, 0.2) is 5.75 Å². The predicted octanol–water partition coefficient (Wildman–Crippen LogP) is 2.44. The van der Waals surface area contributed by atoms with Crippen molar-refractivity contribution in [2.24, 2.45) is 0 Å². The number of ether oxygens (including phenoxy) is 2. The Balaban J connectivity index is 2.90. The number of para-hydroxylation sites is 1. The molecule has 6 heteroatoms. The van der Waals surface area contributed by atoms with Gasteiger partial charge in [0.1, 0.15) is 5.69 Å². The van der Waals surface area contributed by atoms with E-state index in [1.165, 1.54) is 7.11 Å². The van der Waals surface area contributed by atoms with Crippen LogP contribution in [-0.4, -0.2) is 31.8 Å². The van der Waals surface area contributed by atoms with Gasteiger partial charge in [0.2, 0.25) is 0 Å². The zero-order valence-corrected chi connectivity index (χ0v) is 10.8. The summed E-state index contributed by atoms with van der Waals surface area (Å²) in [6, 6.07) is 5.04. The number of methoxy groups -OCH3 is 2. The van der Waals surface area contributed by atoms with Crippen molar-refractivity contribution in [3.63, 3.8) is 0 Å². The first-order valence-corrected chi connectivity index (χ1v) is 5.67. The van der Waals surface area contributed by atoms with E-state index in [1.54, 1.807) is 25.3 Å². The number of hydrogen-bond acceptors (Lipinski definition) is 5. The fourth-order valence-corrected chi connectivity index (χ4v) is 1.62. The Morgan fingerprint density at radius 3 is 2.72 bits per heavy atom. The maximum absolute atomic E-state index is 11.1. The molecule has 0 aromatic heterocycles. The third-order valence-electron chi connectivity index (χ3n) is 2.56. The van der Waals surface area contributed by atoms with Crippen LogP contribution in [-0.2, 0) is 4.74 Å². The molecule has 0 fully saturated rings. The molecule has 18 heavy (non-hydrogen) atoms. The number of nitrogens with one attached hydrogen (secondary N) is 1. The van der Waals surface area contributed by atoms with Gasteiger partial charge in [-0.1, -0.05) is 6.07 Å². The van der Waals surface area contributed by atoms with E-state index in [0.29, 0.717) is 12.3 Å². The Morgan fingerprint density at radius 1 is 1.44 bits per heavy atom. The van der Waals surface area contributed by atoms with Gasteiger partial charge >= 0.3 is 5.69 Å². The summed E-state index contributed by atoms with van der Waals surface area (Å²) in [5, 5.41) is 14.2. The number of anilines is 1. The summed E-state index contributed by atoms with van der Waals surface area (Å²) in [6.07, 6.45) is 0.769. The normalized spacial score (nSPS) is 11.9. The molecule has 100 valence electrons. The zero-order chi connectivity index (χ0) is 13.5. The molecular weight excluding hydrogens is 236 g/mol. The van der Waals surface area contributed by atoms with Gasteiger partial charge in [-0.25, -0.2) is 0 Å². The molecule has 1 unspecified atom stereocenters. The fraction of sp³-hybridized carbons (Fsp3) is 0.500. The Labute approximate surface area is 106 Å².